The minimum absolute atomic E-state index is 0.0510. The zero-order valence-electron chi connectivity index (χ0n) is 11.3. The van der Waals surface area contributed by atoms with Crippen molar-refractivity contribution in [2.24, 2.45) is 5.92 Å². The Morgan fingerprint density at radius 3 is 1.73 bits per heavy atom. The first-order valence-electron chi connectivity index (χ1n) is 6.07. The highest BCUT2D eigenvalue weighted by Gasteiger charge is 2.53. The molecule has 0 aromatic carbocycles. The molecule has 88 valence electrons. The number of hydrogen-bond donors (Lipinski definition) is 0. The van der Waals surface area contributed by atoms with Crippen molar-refractivity contribution in [2.75, 3.05) is 0 Å². The Hall–Kier alpha value is -0.0151. The molecule has 0 N–H and O–H groups in total. The molecule has 0 saturated carbocycles. The fraction of sp³-hybridized carbons (Fsp3) is 1.00. The molecule has 0 aromatic rings. The van der Waals surface area contributed by atoms with Gasteiger partial charge in [-0.2, -0.15) is 0 Å². The van der Waals surface area contributed by atoms with E-state index in [9.17, 15) is 0 Å². The lowest BCUT2D eigenvalue weighted by atomic mass is 9.66. The van der Waals surface area contributed by atoms with Crippen LogP contribution in [0.15, 0.2) is 0 Å². The molecule has 0 spiro atoms. The highest BCUT2D eigenvalue weighted by atomic mass is 16.7. The van der Waals surface area contributed by atoms with Crippen LogP contribution in [0.3, 0.4) is 0 Å². The van der Waals surface area contributed by atoms with E-state index in [0.29, 0.717) is 11.7 Å². The van der Waals surface area contributed by atoms with E-state index in [2.05, 4.69) is 48.5 Å². The molecular weight excluding hydrogens is 187 g/mol. The highest BCUT2D eigenvalue weighted by molar-refractivity contribution is 6.47. The molecule has 2 atom stereocenters. The minimum atomic E-state index is -0.195. The van der Waals surface area contributed by atoms with Crippen molar-refractivity contribution >= 4 is 7.12 Å². The fourth-order valence-electron chi connectivity index (χ4n) is 1.74. The largest absolute Gasteiger partial charge is 0.461 e. The van der Waals surface area contributed by atoms with E-state index in [-0.39, 0.29) is 18.3 Å². The van der Waals surface area contributed by atoms with Gasteiger partial charge >= 0.3 is 7.12 Å². The molecule has 0 aromatic heterocycles. The first-order chi connectivity index (χ1) is 6.71. The molecule has 1 saturated heterocycles. The quantitative estimate of drug-likeness (QED) is 0.666. The van der Waals surface area contributed by atoms with Crippen molar-refractivity contribution in [3.05, 3.63) is 0 Å². The lowest BCUT2D eigenvalue weighted by Crippen LogP contribution is -2.41. The summed E-state index contributed by atoms with van der Waals surface area (Å²) in [5, 5.41) is 0. The van der Waals surface area contributed by atoms with Crippen LogP contribution in [-0.4, -0.2) is 18.3 Å². The third kappa shape index (κ3) is 2.39. The molecule has 15 heavy (non-hydrogen) atoms. The van der Waals surface area contributed by atoms with Gasteiger partial charge in [0.2, 0.25) is 0 Å². The standard InChI is InChI=1S/C12H25BO2/c1-8-9(2)10(3)13-14-11(4,5)12(6,7)15-13/h9-10H,8H2,1-7H3/t9-,10?/m1/s1. The second-order valence-corrected chi connectivity index (χ2v) is 5.87. The van der Waals surface area contributed by atoms with E-state index in [1.807, 2.05) is 0 Å². The van der Waals surface area contributed by atoms with Gasteiger partial charge in [-0.15, -0.1) is 0 Å². The van der Waals surface area contributed by atoms with Crippen LogP contribution in [0.2, 0.25) is 5.82 Å². The van der Waals surface area contributed by atoms with Crippen LogP contribution in [0.4, 0.5) is 0 Å². The van der Waals surface area contributed by atoms with Gasteiger partial charge in [-0.1, -0.05) is 27.2 Å². The van der Waals surface area contributed by atoms with Crippen molar-refractivity contribution in [3.63, 3.8) is 0 Å². The summed E-state index contributed by atoms with van der Waals surface area (Å²) in [4.78, 5) is 0. The van der Waals surface area contributed by atoms with Crippen molar-refractivity contribution in [2.45, 2.75) is 71.9 Å². The van der Waals surface area contributed by atoms with Gasteiger partial charge in [0.25, 0.3) is 0 Å². The fourth-order valence-corrected chi connectivity index (χ4v) is 1.74. The van der Waals surface area contributed by atoms with Crippen molar-refractivity contribution in [3.8, 4) is 0 Å². The maximum atomic E-state index is 6.03. The molecule has 2 nitrogen and oxygen atoms in total. The van der Waals surface area contributed by atoms with Crippen LogP contribution >= 0.6 is 0 Å². The Labute approximate surface area is 94.9 Å². The van der Waals surface area contributed by atoms with E-state index in [4.69, 9.17) is 9.31 Å². The average Bonchev–Trinajstić information content (AvgIpc) is 2.33. The highest BCUT2D eigenvalue weighted by Crippen LogP contribution is 2.41. The maximum Gasteiger partial charge on any atom is 0.461 e. The molecule has 1 aliphatic heterocycles. The predicted molar refractivity (Wildman–Crippen MR) is 65.0 cm³/mol. The predicted octanol–water partition coefficient (Wildman–Crippen LogP) is 3.51. The van der Waals surface area contributed by atoms with E-state index >= 15 is 0 Å². The van der Waals surface area contributed by atoms with Crippen LogP contribution in [-0.2, 0) is 9.31 Å². The molecule has 0 bridgehead atoms. The van der Waals surface area contributed by atoms with Crippen LogP contribution in [0, 0.1) is 5.92 Å². The topological polar surface area (TPSA) is 18.5 Å². The Balaban J connectivity index is 2.70. The SMILES string of the molecule is CC[C@@H](C)C(C)B1OC(C)(C)C(C)(C)O1. The van der Waals surface area contributed by atoms with E-state index in [1.165, 1.54) is 6.42 Å². The van der Waals surface area contributed by atoms with Crippen molar-refractivity contribution < 1.29 is 9.31 Å². The van der Waals surface area contributed by atoms with Crippen LogP contribution in [0.5, 0.6) is 0 Å². The summed E-state index contributed by atoms with van der Waals surface area (Å²) >= 11 is 0. The lowest BCUT2D eigenvalue weighted by molar-refractivity contribution is 0.00578. The second kappa shape index (κ2) is 4.10. The summed E-state index contributed by atoms with van der Waals surface area (Å²) in [6.07, 6.45) is 1.17. The molecule has 0 amide bonds. The zero-order valence-corrected chi connectivity index (χ0v) is 11.3. The van der Waals surface area contributed by atoms with Gasteiger partial charge < -0.3 is 9.31 Å². The van der Waals surface area contributed by atoms with E-state index in [0.717, 1.165) is 0 Å². The Morgan fingerprint density at radius 2 is 1.40 bits per heavy atom. The molecule has 3 heteroatoms. The summed E-state index contributed by atoms with van der Waals surface area (Å²) < 4.78 is 12.1. The van der Waals surface area contributed by atoms with Crippen LogP contribution < -0.4 is 0 Å². The molecule has 1 unspecified atom stereocenters. The van der Waals surface area contributed by atoms with Gasteiger partial charge in [0.15, 0.2) is 0 Å². The van der Waals surface area contributed by atoms with Gasteiger partial charge in [-0.05, 0) is 39.4 Å². The van der Waals surface area contributed by atoms with Gasteiger partial charge in [-0.3, -0.25) is 0 Å². The number of rotatable bonds is 3. The minimum Gasteiger partial charge on any atom is -0.403 e. The Kier molecular flexibility index (Phi) is 3.57. The van der Waals surface area contributed by atoms with Gasteiger partial charge in [0.05, 0.1) is 11.2 Å². The Morgan fingerprint density at radius 1 is 1.00 bits per heavy atom. The normalized spacial score (nSPS) is 27.8. The summed E-state index contributed by atoms with van der Waals surface area (Å²) in [6, 6.07) is 0. The molecule has 0 radical (unpaired) electrons. The summed E-state index contributed by atoms with van der Waals surface area (Å²) in [5.41, 5.74) is -0.390. The van der Waals surface area contributed by atoms with E-state index in [1.54, 1.807) is 0 Å². The van der Waals surface area contributed by atoms with Crippen LogP contribution in [0.1, 0.15) is 54.9 Å². The second-order valence-electron chi connectivity index (χ2n) is 5.87. The van der Waals surface area contributed by atoms with Gasteiger partial charge in [0.1, 0.15) is 0 Å². The summed E-state index contributed by atoms with van der Waals surface area (Å²) in [5.74, 6) is 1.09. The van der Waals surface area contributed by atoms with Crippen molar-refractivity contribution in [1.29, 1.82) is 0 Å². The van der Waals surface area contributed by atoms with Gasteiger partial charge in [0, 0.05) is 0 Å². The molecular formula is C12H25BO2. The average molecular weight is 212 g/mol. The smallest absolute Gasteiger partial charge is 0.403 e. The first kappa shape index (κ1) is 13.1. The van der Waals surface area contributed by atoms with Crippen molar-refractivity contribution in [1.82, 2.24) is 0 Å². The van der Waals surface area contributed by atoms with Gasteiger partial charge in [-0.25, -0.2) is 0 Å². The molecule has 1 aliphatic rings. The van der Waals surface area contributed by atoms with E-state index < -0.39 is 0 Å². The molecule has 0 aliphatic carbocycles. The summed E-state index contributed by atoms with van der Waals surface area (Å²) in [7, 11) is -0.0510. The third-order valence-electron chi connectivity index (χ3n) is 4.24. The number of hydrogen-bond acceptors (Lipinski definition) is 2. The Bertz CT molecular complexity index is 210. The maximum absolute atomic E-state index is 6.03. The molecule has 1 fully saturated rings. The summed E-state index contributed by atoms with van der Waals surface area (Å²) in [6.45, 7) is 15.1. The lowest BCUT2D eigenvalue weighted by Gasteiger charge is -2.32. The van der Waals surface area contributed by atoms with Crippen LogP contribution in [0.25, 0.3) is 0 Å². The molecule has 1 rings (SSSR count). The zero-order chi connectivity index (χ0) is 11.9. The molecule has 1 heterocycles. The first-order valence-corrected chi connectivity index (χ1v) is 6.07. The monoisotopic (exact) mass is 212 g/mol. The third-order valence-corrected chi connectivity index (χ3v) is 4.24.